The number of benzene rings is 1. The van der Waals surface area contributed by atoms with Gasteiger partial charge in [-0.1, -0.05) is 6.07 Å². The zero-order valence-corrected chi connectivity index (χ0v) is 8.68. The van der Waals surface area contributed by atoms with Crippen LogP contribution in [0.3, 0.4) is 0 Å². The Morgan fingerprint density at radius 2 is 2.29 bits per heavy atom. The molecule has 1 rings (SSSR count). The molecule has 0 heterocycles. The van der Waals surface area contributed by atoms with Crippen LogP contribution in [0.2, 0.25) is 0 Å². The highest BCUT2D eigenvalue weighted by molar-refractivity contribution is 6.18. The van der Waals surface area contributed by atoms with Gasteiger partial charge >= 0.3 is 0 Å². The van der Waals surface area contributed by atoms with Crippen LogP contribution in [-0.4, -0.2) is 23.6 Å². The molecule has 2 N–H and O–H groups in total. The standard InChI is InChI=1S/C10H13ClFNO/c1-7-2-3-8(4-10(7)12)13-6-9(14)5-11/h2-4,9,13-14H,5-6H2,1H3. The molecule has 0 aliphatic carbocycles. The predicted molar refractivity (Wildman–Crippen MR) is 56.4 cm³/mol. The molecule has 78 valence electrons. The van der Waals surface area contributed by atoms with E-state index >= 15 is 0 Å². The van der Waals surface area contributed by atoms with Gasteiger partial charge < -0.3 is 10.4 Å². The Labute approximate surface area is 87.7 Å². The Morgan fingerprint density at radius 3 is 2.86 bits per heavy atom. The fraction of sp³-hybridized carbons (Fsp3) is 0.400. The quantitative estimate of drug-likeness (QED) is 0.758. The first kappa shape index (κ1) is 11.3. The largest absolute Gasteiger partial charge is 0.390 e. The Hall–Kier alpha value is -0.800. The average Bonchev–Trinajstić information content (AvgIpc) is 2.19. The molecular weight excluding hydrogens is 205 g/mol. The number of hydrogen-bond acceptors (Lipinski definition) is 2. The third kappa shape index (κ3) is 3.16. The molecular formula is C10H13ClFNO. The Bertz CT molecular complexity index is 306. The van der Waals surface area contributed by atoms with Crippen LogP contribution in [0.1, 0.15) is 5.56 Å². The van der Waals surface area contributed by atoms with E-state index in [1.807, 2.05) is 0 Å². The van der Waals surface area contributed by atoms with Crippen LogP contribution in [0.4, 0.5) is 10.1 Å². The zero-order valence-electron chi connectivity index (χ0n) is 7.93. The summed E-state index contributed by atoms with van der Waals surface area (Å²) in [6.07, 6.45) is -0.610. The van der Waals surface area contributed by atoms with E-state index in [0.29, 0.717) is 17.8 Å². The van der Waals surface area contributed by atoms with Crippen molar-refractivity contribution < 1.29 is 9.50 Å². The summed E-state index contributed by atoms with van der Waals surface area (Å²) in [6, 6.07) is 4.85. The lowest BCUT2D eigenvalue weighted by molar-refractivity contribution is 0.211. The highest BCUT2D eigenvalue weighted by Crippen LogP contribution is 2.13. The number of anilines is 1. The van der Waals surface area contributed by atoms with Gasteiger partial charge in [-0.05, 0) is 24.6 Å². The average molecular weight is 218 g/mol. The number of nitrogens with one attached hydrogen (secondary N) is 1. The van der Waals surface area contributed by atoms with Crippen molar-refractivity contribution in [1.82, 2.24) is 0 Å². The van der Waals surface area contributed by atoms with Gasteiger partial charge in [0.25, 0.3) is 0 Å². The lowest BCUT2D eigenvalue weighted by Crippen LogP contribution is -2.20. The molecule has 0 bridgehead atoms. The monoisotopic (exact) mass is 217 g/mol. The van der Waals surface area contributed by atoms with Crippen molar-refractivity contribution in [3.63, 3.8) is 0 Å². The van der Waals surface area contributed by atoms with Crippen molar-refractivity contribution in [3.05, 3.63) is 29.6 Å². The minimum Gasteiger partial charge on any atom is -0.390 e. The predicted octanol–water partition coefficient (Wildman–Crippen LogP) is 2.15. The minimum atomic E-state index is -0.610. The Balaban J connectivity index is 2.55. The molecule has 0 amide bonds. The SMILES string of the molecule is Cc1ccc(NCC(O)CCl)cc1F. The third-order valence-corrected chi connectivity index (χ3v) is 2.25. The Morgan fingerprint density at radius 1 is 1.57 bits per heavy atom. The lowest BCUT2D eigenvalue weighted by Gasteiger charge is -2.10. The second-order valence-electron chi connectivity index (χ2n) is 3.15. The maximum Gasteiger partial charge on any atom is 0.128 e. The Kier molecular flexibility index (Phi) is 4.17. The number of aliphatic hydroxyl groups is 1. The summed E-state index contributed by atoms with van der Waals surface area (Å²) in [5.74, 6) is -0.0863. The minimum absolute atomic E-state index is 0.168. The topological polar surface area (TPSA) is 32.3 Å². The number of aryl methyl sites for hydroxylation is 1. The van der Waals surface area contributed by atoms with Crippen LogP contribution in [-0.2, 0) is 0 Å². The fourth-order valence-corrected chi connectivity index (χ4v) is 1.10. The van der Waals surface area contributed by atoms with Gasteiger partial charge in [0.15, 0.2) is 0 Å². The van der Waals surface area contributed by atoms with Crippen LogP contribution in [0.15, 0.2) is 18.2 Å². The second kappa shape index (κ2) is 5.17. The molecule has 4 heteroatoms. The maximum atomic E-state index is 13.1. The number of hydrogen-bond donors (Lipinski definition) is 2. The number of halogens is 2. The number of aliphatic hydroxyl groups excluding tert-OH is 1. The molecule has 0 fully saturated rings. The molecule has 2 nitrogen and oxygen atoms in total. The van der Waals surface area contributed by atoms with Crippen molar-refractivity contribution in [2.45, 2.75) is 13.0 Å². The molecule has 0 aromatic heterocycles. The molecule has 1 aromatic carbocycles. The maximum absolute atomic E-state index is 13.1. The van der Waals surface area contributed by atoms with Gasteiger partial charge in [-0.25, -0.2) is 4.39 Å². The van der Waals surface area contributed by atoms with Gasteiger partial charge in [-0.15, -0.1) is 11.6 Å². The van der Waals surface area contributed by atoms with Gasteiger partial charge in [0.2, 0.25) is 0 Å². The van der Waals surface area contributed by atoms with Crippen LogP contribution >= 0.6 is 11.6 Å². The molecule has 1 unspecified atom stereocenters. The van der Waals surface area contributed by atoms with E-state index in [9.17, 15) is 4.39 Å². The molecule has 0 aliphatic heterocycles. The van der Waals surface area contributed by atoms with Gasteiger partial charge in [0.05, 0.1) is 12.0 Å². The van der Waals surface area contributed by atoms with E-state index in [-0.39, 0.29) is 11.7 Å². The summed E-state index contributed by atoms with van der Waals surface area (Å²) in [6.45, 7) is 2.03. The van der Waals surface area contributed by atoms with Crippen molar-refractivity contribution in [2.24, 2.45) is 0 Å². The second-order valence-corrected chi connectivity index (χ2v) is 3.46. The number of rotatable bonds is 4. The van der Waals surface area contributed by atoms with Crippen molar-refractivity contribution in [3.8, 4) is 0 Å². The zero-order chi connectivity index (χ0) is 10.6. The molecule has 0 radical (unpaired) electrons. The summed E-state index contributed by atoms with van der Waals surface area (Å²) in [5.41, 5.74) is 1.26. The molecule has 14 heavy (non-hydrogen) atoms. The van der Waals surface area contributed by atoms with Gasteiger partial charge in [0, 0.05) is 12.2 Å². The molecule has 1 atom stereocenters. The third-order valence-electron chi connectivity index (χ3n) is 1.89. The van der Waals surface area contributed by atoms with Gasteiger partial charge in [-0.3, -0.25) is 0 Å². The fourth-order valence-electron chi connectivity index (χ4n) is 0.993. The normalized spacial score (nSPS) is 12.6. The van der Waals surface area contributed by atoms with E-state index in [4.69, 9.17) is 16.7 Å². The van der Waals surface area contributed by atoms with E-state index in [2.05, 4.69) is 5.32 Å². The van der Waals surface area contributed by atoms with Crippen LogP contribution < -0.4 is 5.32 Å². The first-order valence-corrected chi connectivity index (χ1v) is 4.91. The molecule has 0 aliphatic rings. The van der Waals surface area contributed by atoms with E-state index < -0.39 is 6.10 Å². The molecule has 0 saturated carbocycles. The van der Waals surface area contributed by atoms with Crippen LogP contribution in [0.5, 0.6) is 0 Å². The summed E-state index contributed by atoms with van der Waals surface area (Å²) in [7, 11) is 0. The first-order chi connectivity index (χ1) is 6.63. The molecule has 0 spiro atoms. The van der Waals surface area contributed by atoms with Crippen LogP contribution in [0, 0.1) is 12.7 Å². The van der Waals surface area contributed by atoms with E-state index in [1.54, 1.807) is 19.1 Å². The van der Waals surface area contributed by atoms with Crippen LogP contribution in [0.25, 0.3) is 0 Å². The van der Waals surface area contributed by atoms with Crippen molar-refractivity contribution in [1.29, 1.82) is 0 Å². The molecule has 0 saturated heterocycles. The summed E-state index contributed by atoms with van der Waals surface area (Å²) < 4.78 is 13.1. The van der Waals surface area contributed by atoms with E-state index in [1.165, 1.54) is 6.07 Å². The smallest absolute Gasteiger partial charge is 0.128 e. The van der Waals surface area contributed by atoms with Crippen molar-refractivity contribution in [2.75, 3.05) is 17.7 Å². The summed E-state index contributed by atoms with van der Waals surface area (Å²) >= 11 is 5.41. The van der Waals surface area contributed by atoms with Crippen molar-refractivity contribution >= 4 is 17.3 Å². The lowest BCUT2D eigenvalue weighted by atomic mass is 10.2. The summed E-state index contributed by atoms with van der Waals surface area (Å²) in [4.78, 5) is 0. The number of alkyl halides is 1. The van der Waals surface area contributed by atoms with E-state index in [0.717, 1.165) is 0 Å². The molecule has 1 aromatic rings. The highest BCUT2D eigenvalue weighted by atomic mass is 35.5. The van der Waals surface area contributed by atoms with Gasteiger partial charge in [-0.2, -0.15) is 0 Å². The summed E-state index contributed by atoms with van der Waals surface area (Å²) in [5, 5.41) is 12.0. The highest BCUT2D eigenvalue weighted by Gasteiger charge is 2.02. The first-order valence-electron chi connectivity index (χ1n) is 4.37. The van der Waals surface area contributed by atoms with Gasteiger partial charge in [0.1, 0.15) is 5.82 Å².